The highest BCUT2D eigenvalue weighted by molar-refractivity contribution is 5.93. The van der Waals surface area contributed by atoms with Crippen LogP contribution in [-0.2, 0) is 0 Å². The van der Waals surface area contributed by atoms with Crippen molar-refractivity contribution < 1.29 is 4.79 Å². The van der Waals surface area contributed by atoms with Crippen molar-refractivity contribution in [2.24, 2.45) is 0 Å². The Morgan fingerprint density at radius 1 is 1.19 bits per heavy atom. The lowest BCUT2D eigenvalue weighted by Crippen LogP contribution is -2.25. The number of aryl methyl sites for hydroxylation is 2. The summed E-state index contributed by atoms with van der Waals surface area (Å²) in [6, 6.07) is 9.65. The molecule has 0 radical (unpaired) electrons. The van der Waals surface area contributed by atoms with E-state index in [1.54, 1.807) is 13.0 Å². The third-order valence-electron chi connectivity index (χ3n) is 2.90. The van der Waals surface area contributed by atoms with E-state index in [9.17, 15) is 4.79 Å². The smallest absolute Gasteiger partial charge is 0.270 e. The Labute approximate surface area is 124 Å². The molecule has 0 aliphatic heterocycles. The third-order valence-corrected chi connectivity index (χ3v) is 2.90. The Kier molecular flexibility index (Phi) is 4.87. The number of benzene rings is 1. The van der Waals surface area contributed by atoms with Crippen LogP contribution in [0.5, 0.6) is 0 Å². The number of carbonyl (C=O) groups is 1. The summed E-state index contributed by atoms with van der Waals surface area (Å²) < 4.78 is 0. The van der Waals surface area contributed by atoms with Crippen LogP contribution in [0, 0.1) is 13.8 Å². The maximum Gasteiger partial charge on any atom is 0.270 e. The highest BCUT2D eigenvalue weighted by atomic mass is 16.1. The normalized spacial score (nSPS) is 10.2. The highest BCUT2D eigenvalue weighted by Gasteiger charge is 2.10. The molecule has 2 rings (SSSR count). The molecule has 0 saturated carbocycles. The minimum Gasteiger partial charge on any atom is -0.351 e. The van der Waals surface area contributed by atoms with Gasteiger partial charge in [-0.2, -0.15) is 0 Å². The van der Waals surface area contributed by atoms with Crippen LogP contribution in [0.1, 0.15) is 35.2 Å². The minimum atomic E-state index is -0.172. The van der Waals surface area contributed by atoms with E-state index in [2.05, 4.69) is 20.6 Å². The summed E-state index contributed by atoms with van der Waals surface area (Å²) in [4.78, 5) is 20.5. The quantitative estimate of drug-likeness (QED) is 0.885. The van der Waals surface area contributed by atoms with Crippen molar-refractivity contribution in [3.8, 4) is 0 Å². The zero-order valence-corrected chi connectivity index (χ0v) is 12.6. The molecule has 0 spiro atoms. The number of anilines is 2. The lowest BCUT2D eigenvalue weighted by Gasteiger charge is -2.09. The van der Waals surface area contributed by atoms with Gasteiger partial charge in [-0.05, 0) is 38.0 Å². The molecule has 21 heavy (non-hydrogen) atoms. The van der Waals surface area contributed by atoms with Gasteiger partial charge < -0.3 is 10.6 Å². The number of rotatable bonds is 5. The van der Waals surface area contributed by atoms with Crippen LogP contribution in [0.3, 0.4) is 0 Å². The van der Waals surface area contributed by atoms with Crippen molar-refractivity contribution in [1.29, 1.82) is 0 Å². The maximum absolute atomic E-state index is 12.0. The van der Waals surface area contributed by atoms with Gasteiger partial charge in [-0.3, -0.25) is 4.79 Å². The molecule has 2 N–H and O–H groups in total. The number of nitrogens with zero attached hydrogens (tertiary/aromatic N) is 2. The SMILES string of the molecule is CCCNC(=O)c1cc(Nc2cccc(C)c2)nc(C)n1. The van der Waals surface area contributed by atoms with Gasteiger partial charge in [-0.15, -0.1) is 0 Å². The molecule has 1 heterocycles. The molecule has 0 aliphatic rings. The van der Waals surface area contributed by atoms with E-state index in [0.717, 1.165) is 17.7 Å². The molecule has 1 amide bonds. The van der Waals surface area contributed by atoms with Gasteiger partial charge in [0.25, 0.3) is 5.91 Å². The molecule has 0 bridgehead atoms. The fraction of sp³-hybridized carbons (Fsp3) is 0.312. The fourth-order valence-electron chi connectivity index (χ4n) is 1.95. The molecule has 5 nitrogen and oxygen atoms in total. The summed E-state index contributed by atoms with van der Waals surface area (Å²) in [5.41, 5.74) is 2.48. The molecule has 1 aromatic heterocycles. The fourth-order valence-corrected chi connectivity index (χ4v) is 1.95. The van der Waals surface area contributed by atoms with Crippen LogP contribution < -0.4 is 10.6 Å². The average Bonchev–Trinajstić information content (AvgIpc) is 2.44. The Hall–Kier alpha value is -2.43. The van der Waals surface area contributed by atoms with E-state index >= 15 is 0 Å². The highest BCUT2D eigenvalue weighted by Crippen LogP contribution is 2.16. The topological polar surface area (TPSA) is 66.9 Å². The second-order valence-electron chi connectivity index (χ2n) is 4.94. The van der Waals surface area contributed by atoms with Crippen molar-refractivity contribution in [3.63, 3.8) is 0 Å². The Morgan fingerprint density at radius 2 is 2.00 bits per heavy atom. The zero-order valence-electron chi connectivity index (χ0n) is 12.6. The van der Waals surface area contributed by atoms with E-state index in [0.29, 0.717) is 23.9 Å². The summed E-state index contributed by atoms with van der Waals surface area (Å²) in [5.74, 6) is 1.01. The van der Waals surface area contributed by atoms with Crippen molar-refractivity contribution in [2.75, 3.05) is 11.9 Å². The predicted molar refractivity (Wildman–Crippen MR) is 83.9 cm³/mol. The van der Waals surface area contributed by atoms with Gasteiger partial charge in [0.05, 0.1) is 0 Å². The molecular weight excluding hydrogens is 264 g/mol. The summed E-state index contributed by atoms with van der Waals surface area (Å²) in [6.45, 7) is 6.46. The van der Waals surface area contributed by atoms with Crippen LogP contribution in [0.4, 0.5) is 11.5 Å². The van der Waals surface area contributed by atoms with Crippen molar-refractivity contribution in [2.45, 2.75) is 27.2 Å². The summed E-state index contributed by atoms with van der Waals surface area (Å²) in [7, 11) is 0. The second-order valence-corrected chi connectivity index (χ2v) is 4.94. The van der Waals surface area contributed by atoms with Gasteiger partial charge >= 0.3 is 0 Å². The molecule has 0 aliphatic carbocycles. The number of hydrogen-bond acceptors (Lipinski definition) is 4. The standard InChI is InChI=1S/C16H20N4O/c1-4-8-17-16(21)14-10-15(19-12(3)18-14)20-13-7-5-6-11(2)9-13/h5-7,9-10H,4,8H2,1-3H3,(H,17,21)(H,18,19,20). The first-order chi connectivity index (χ1) is 10.1. The molecular formula is C16H20N4O. The number of nitrogens with one attached hydrogen (secondary N) is 2. The summed E-state index contributed by atoms with van der Waals surface area (Å²) in [5, 5.41) is 6.02. The van der Waals surface area contributed by atoms with Crippen LogP contribution in [-0.4, -0.2) is 22.4 Å². The first kappa shape index (κ1) is 15.0. The lowest BCUT2D eigenvalue weighted by molar-refractivity contribution is 0.0948. The van der Waals surface area contributed by atoms with Crippen molar-refractivity contribution in [3.05, 3.63) is 47.4 Å². The van der Waals surface area contributed by atoms with E-state index in [-0.39, 0.29) is 5.91 Å². The molecule has 0 saturated heterocycles. The predicted octanol–water partition coefficient (Wildman–Crippen LogP) is 2.98. The van der Waals surface area contributed by atoms with Crippen LogP contribution in [0.25, 0.3) is 0 Å². The molecule has 0 fully saturated rings. The zero-order chi connectivity index (χ0) is 15.2. The Bertz CT molecular complexity index is 640. The molecule has 0 unspecified atom stereocenters. The largest absolute Gasteiger partial charge is 0.351 e. The maximum atomic E-state index is 12.0. The number of hydrogen-bond donors (Lipinski definition) is 2. The first-order valence-corrected chi connectivity index (χ1v) is 7.06. The van der Waals surface area contributed by atoms with E-state index in [1.165, 1.54) is 0 Å². The van der Waals surface area contributed by atoms with Gasteiger partial charge in [-0.1, -0.05) is 19.1 Å². The molecule has 0 atom stereocenters. The monoisotopic (exact) mass is 284 g/mol. The van der Waals surface area contributed by atoms with Crippen LogP contribution >= 0.6 is 0 Å². The van der Waals surface area contributed by atoms with Gasteiger partial charge in [-0.25, -0.2) is 9.97 Å². The Balaban J connectivity index is 2.20. The second kappa shape index (κ2) is 6.83. The van der Waals surface area contributed by atoms with Gasteiger partial charge in [0.15, 0.2) is 0 Å². The lowest BCUT2D eigenvalue weighted by atomic mass is 10.2. The summed E-state index contributed by atoms with van der Waals surface area (Å²) in [6.07, 6.45) is 0.893. The molecule has 110 valence electrons. The van der Waals surface area contributed by atoms with Gasteiger partial charge in [0.2, 0.25) is 0 Å². The van der Waals surface area contributed by atoms with E-state index in [4.69, 9.17) is 0 Å². The number of carbonyl (C=O) groups excluding carboxylic acids is 1. The molecule has 1 aromatic carbocycles. The van der Waals surface area contributed by atoms with Crippen molar-refractivity contribution in [1.82, 2.24) is 15.3 Å². The van der Waals surface area contributed by atoms with E-state index < -0.39 is 0 Å². The number of amides is 1. The minimum absolute atomic E-state index is 0.172. The summed E-state index contributed by atoms with van der Waals surface area (Å²) >= 11 is 0. The van der Waals surface area contributed by atoms with E-state index in [1.807, 2.05) is 38.1 Å². The van der Waals surface area contributed by atoms with Crippen LogP contribution in [0.15, 0.2) is 30.3 Å². The van der Waals surface area contributed by atoms with Crippen LogP contribution in [0.2, 0.25) is 0 Å². The average molecular weight is 284 g/mol. The molecule has 5 heteroatoms. The Morgan fingerprint density at radius 3 is 2.71 bits per heavy atom. The number of aromatic nitrogens is 2. The van der Waals surface area contributed by atoms with Crippen molar-refractivity contribution >= 4 is 17.4 Å². The third kappa shape index (κ3) is 4.27. The van der Waals surface area contributed by atoms with Gasteiger partial charge in [0, 0.05) is 18.3 Å². The molecule has 2 aromatic rings. The first-order valence-electron chi connectivity index (χ1n) is 7.06. The van der Waals surface area contributed by atoms with Gasteiger partial charge in [0.1, 0.15) is 17.3 Å².